The van der Waals surface area contributed by atoms with Gasteiger partial charge in [-0.05, 0) is 40.5 Å². The van der Waals surface area contributed by atoms with Crippen molar-refractivity contribution in [2.45, 2.75) is 13.3 Å². The number of nitrogens with zero attached hydrogens (tertiary/aromatic N) is 2. The number of carbonyl (C=O) groups is 1. The molecule has 0 N–H and O–H groups in total. The number of halogens is 1. The molecule has 0 amide bonds. The average molecular weight is 283 g/mol. The van der Waals surface area contributed by atoms with Gasteiger partial charge in [-0.15, -0.1) is 0 Å². The van der Waals surface area contributed by atoms with E-state index in [0.717, 1.165) is 15.7 Å². The summed E-state index contributed by atoms with van der Waals surface area (Å²) < 4.78 is 7.69. The normalized spacial score (nSPS) is 10.6. The SMILES string of the molecule is CCOC(=O)Cc1cc(Br)n2cnccc12. The van der Waals surface area contributed by atoms with Gasteiger partial charge in [0.2, 0.25) is 0 Å². The van der Waals surface area contributed by atoms with Crippen molar-refractivity contribution in [1.82, 2.24) is 9.38 Å². The molecule has 84 valence electrons. The molecule has 0 radical (unpaired) electrons. The average Bonchev–Trinajstić information content (AvgIpc) is 2.57. The highest BCUT2D eigenvalue weighted by Gasteiger charge is 2.11. The summed E-state index contributed by atoms with van der Waals surface area (Å²) in [5, 5.41) is 0. The molecule has 2 heterocycles. The quantitative estimate of drug-likeness (QED) is 0.811. The molecule has 0 fully saturated rings. The minimum Gasteiger partial charge on any atom is -0.466 e. The molecule has 2 rings (SSSR count). The second-order valence-corrected chi connectivity index (χ2v) is 4.12. The highest BCUT2D eigenvalue weighted by atomic mass is 79.9. The molecule has 2 aromatic rings. The third-order valence-corrected chi connectivity index (χ3v) is 2.86. The topological polar surface area (TPSA) is 43.6 Å². The molecule has 0 atom stereocenters. The summed E-state index contributed by atoms with van der Waals surface area (Å²) in [4.78, 5) is 15.4. The van der Waals surface area contributed by atoms with E-state index in [0.29, 0.717) is 6.61 Å². The zero-order chi connectivity index (χ0) is 11.5. The van der Waals surface area contributed by atoms with Gasteiger partial charge in [-0.1, -0.05) is 0 Å². The van der Waals surface area contributed by atoms with E-state index < -0.39 is 0 Å². The lowest BCUT2D eigenvalue weighted by atomic mass is 10.2. The first-order valence-corrected chi connectivity index (χ1v) is 5.76. The Morgan fingerprint density at radius 3 is 3.19 bits per heavy atom. The maximum atomic E-state index is 11.4. The van der Waals surface area contributed by atoms with Crippen molar-refractivity contribution in [1.29, 1.82) is 0 Å². The fraction of sp³-hybridized carbons (Fsp3) is 0.273. The third-order valence-electron chi connectivity index (χ3n) is 2.25. The second kappa shape index (κ2) is 4.65. The molecule has 4 nitrogen and oxygen atoms in total. The van der Waals surface area contributed by atoms with Gasteiger partial charge < -0.3 is 4.74 Å². The molecule has 0 saturated heterocycles. The fourth-order valence-corrected chi connectivity index (χ4v) is 2.15. The lowest BCUT2D eigenvalue weighted by molar-refractivity contribution is -0.142. The predicted octanol–water partition coefficient (Wildman–Crippen LogP) is 2.20. The fourth-order valence-electron chi connectivity index (χ4n) is 1.59. The number of carbonyl (C=O) groups excluding carboxylic acids is 1. The van der Waals surface area contributed by atoms with Gasteiger partial charge in [0.1, 0.15) is 0 Å². The second-order valence-electron chi connectivity index (χ2n) is 3.31. The van der Waals surface area contributed by atoms with Crippen molar-refractivity contribution in [3.05, 3.63) is 34.8 Å². The van der Waals surface area contributed by atoms with Crippen molar-refractivity contribution in [3.8, 4) is 0 Å². The molecule has 0 bridgehead atoms. The summed E-state index contributed by atoms with van der Waals surface area (Å²) in [5.74, 6) is -0.209. The molecule has 0 saturated carbocycles. The van der Waals surface area contributed by atoms with Crippen LogP contribution in [-0.4, -0.2) is 22.0 Å². The van der Waals surface area contributed by atoms with Crippen LogP contribution in [-0.2, 0) is 16.0 Å². The van der Waals surface area contributed by atoms with E-state index in [1.165, 1.54) is 0 Å². The monoisotopic (exact) mass is 282 g/mol. The van der Waals surface area contributed by atoms with Crippen LogP contribution < -0.4 is 0 Å². The largest absolute Gasteiger partial charge is 0.466 e. The molecule has 0 unspecified atom stereocenters. The Morgan fingerprint density at radius 1 is 1.62 bits per heavy atom. The number of esters is 1. The van der Waals surface area contributed by atoms with Crippen LogP contribution in [0.25, 0.3) is 5.52 Å². The van der Waals surface area contributed by atoms with Crippen molar-refractivity contribution in [2.75, 3.05) is 6.61 Å². The number of hydrogen-bond donors (Lipinski definition) is 0. The number of hydrogen-bond acceptors (Lipinski definition) is 3. The summed E-state index contributed by atoms with van der Waals surface area (Å²) in [5.41, 5.74) is 1.91. The maximum absolute atomic E-state index is 11.4. The van der Waals surface area contributed by atoms with Crippen molar-refractivity contribution < 1.29 is 9.53 Å². The number of aromatic nitrogens is 2. The zero-order valence-electron chi connectivity index (χ0n) is 8.81. The number of rotatable bonds is 3. The molecular weight excluding hydrogens is 272 g/mol. The summed E-state index contributed by atoms with van der Waals surface area (Å²) >= 11 is 3.42. The van der Waals surface area contributed by atoms with Crippen molar-refractivity contribution in [3.63, 3.8) is 0 Å². The van der Waals surface area contributed by atoms with Gasteiger partial charge in [0, 0.05) is 6.20 Å². The Kier molecular flexibility index (Phi) is 3.24. The van der Waals surface area contributed by atoms with E-state index in [1.807, 2.05) is 16.5 Å². The molecule has 0 aliphatic rings. The van der Waals surface area contributed by atoms with Gasteiger partial charge in [0.25, 0.3) is 0 Å². The Balaban J connectivity index is 2.34. The Morgan fingerprint density at radius 2 is 2.44 bits per heavy atom. The van der Waals surface area contributed by atoms with Crippen LogP contribution in [0.3, 0.4) is 0 Å². The third kappa shape index (κ3) is 2.09. The molecule has 0 aromatic carbocycles. The first-order valence-electron chi connectivity index (χ1n) is 4.97. The smallest absolute Gasteiger partial charge is 0.310 e. The molecule has 2 aromatic heterocycles. The van der Waals surface area contributed by atoms with Gasteiger partial charge in [-0.3, -0.25) is 9.20 Å². The molecule has 16 heavy (non-hydrogen) atoms. The van der Waals surface area contributed by atoms with E-state index >= 15 is 0 Å². The molecule has 0 aliphatic heterocycles. The Hall–Kier alpha value is -1.36. The van der Waals surface area contributed by atoms with E-state index in [-0.39, 0.29) is 12.4 Å². The van der Waals surface area contributed by atoms with Gasteiger partial charge in [-0.25, -0.2) is 4.98 Å². The Bertz CT molecular complexity index is 522. The summed E-state index contributed by atoms with van der Waals surface area (Å²) in [6, 6.07) is 3.78. The van der Waals surface area contributed by atoms with Gasteiger partial charge in [-0.2, -0.15) is 0 Å². The standard InChI is InChI=1S/C11H11BrN2O2/c1-2-16-11(15)6-8-5-10(12)14-7-13-4-3-9(8)14/h3-5,7H,2,6H2,1H3. The number of fused-ring (bicyclic) bond motifs is 1. The van der Waals surface area contributed by atoms with E-state index in [4.69, 9.17) is 4.74 Å². The predicted molar refractivity (Wildman–Crippen MR) is 63.2 cm³/mol. The number of ether oxygens (including phenoxy) is 1. The first kappa shape index (κ1) is 11.1. The van der Waals surface area contributed by atoms with E-state index in [2.05, 4.69) is 20.9 Å². The highest BCUT2D eigenvalue weighted by molar-refractivity contribution is 9.10. The Labute approximate surface area is 101 Å². The van der Waals surface area contributed by atoms with Crippen LogP contribution in [0.4, 0.5) is 0 Å². The molecular formula is C11H11BrN2O2. The lowest BCUT2D eigenvalue weighted by Gasteiger charge is -2.00. The minimum absolute atomic E-state index is 0.209. The summed E-state index contributed by atoms with van der Waals surface area (Å²) in [6.45, 7) is 2.21. The van der Waals surface area contributed by atoms with Crippen LogP contribution in [0.15, 0.2) is 29.3 Å². The van der Waals surface area contributed by atoms with Crippen molar-refractivity contribution >= 4 is 27.4 Å². The highest BCUT2D eigenvalue weighted by Crippen LogP contribution is 2.21. The van der Waals surface area contributed by atoms with Gasteiger partial charge in [0.15, 0.2) is 0 Å². The van der Waals surface area contributed by atoms with E-state index in [1.54, 1.807) is 19.4 Å². The summed E-state index contributed by atoms with van der Waals surface area (Å²) in [7, 11) is 0. The van der Waals surface area contributed by atoms with Crippen LogP contribution in [0.2, 0.25) is 0 Å². The van der Waals surface area contributed by atoms with Crippen LogP contribution >= 0.6 is 15.9 Å². The minimum atomic E-state index is -0.209. The first-order chi connectivity index (χ1) is 7.72. The van der Waals surface area contributed by atoms with Crippen LogP contribution in [0, 0.1) is 0 Å². The van der Waals surface area contributed by atoms with Crippen LogP contribution in [0.5, 0.6) is 0 Å². The molecule has 5 heteroatoms. The molecule has 0 spiro atoms. The maximum Gasteiger partial charge on any atom is 0.310 e. The van der Waals surface area contributed by atoms with Gasteiger partial charge in [0.05, 0.1) is 29.5 Å². The summed E-state index contributed by atoms with van der Waals surface area (Å²) in [6.07, 6.45) is 3.69. The lowest BCUT2D eigenvalue weighted by Crippen LogP contribution is -2.07. The van der Waals surface area contributed by atoms with E-state index in [9.17, 15) is 4.79 Å². The van der Waals surface area contributed by atoms with Crippen molar-refractivity contribution in [2.24, 2.45) is 0 Å². The van der Waals surface area contributed by atoms with Gasteiger partial charge >= 0.3 is 5.97 Å². The zero-order valence-corrected chi connectivity index (χ0v) is 10.4. The molecule has 0 aliphatic carbocycles. The van der Waals surface area contributed by atoms with Crippen LogP contribution in [0.1, 0.15) is 12.5 Å².